The van der Waals surface area contributed by atoms with Gasteiger partial charge in [-0.2, -0.15) is 4.98 Å². The SMILES string of the molecule is CCS(=O)(=O)N1C[C@@H]2CN(Cc3scnc3C)C[C@]2(c2nc(C)no2)C1. The van der Waals surface area contributed by atoms with Gasteiger partial charge in [0.15, 0.2) is 5.82 Å². The standard InChI is InChI=1S/C16H23N5O3S2/c1-4-26(22,23)21-6-13-5-20(7-14-11(2)17-10-25-14)8-16(13,9-21)15-18-12(3)19-24-15/h10,13H,4-9H2,1-3H3/t13-,16-/m0/s1. The molecule has 2 aromatic rings. The summed E-state index contributed by atoms with van der Waals surface area (Å²) in [5.41, 5.74) is 2.50. The molecule has 0 radical (unpaired) electrons. The molecule has 0 bridgehead atoms. The highest BCUT2D eigenvalue weighted by molar-refractivity contribution is 7.89. The molecule has 26 heavy (non-hydrogen) atoms. The molecule has 142 valence electrons. The Bertz CT molecular complexity index is 909. The lowest BCUT2D eigenvalue weighted by Crippen LogP contribution is -2.40. The summed E-state index contributed by atoms with van der Waals surface area (Å²) in [5.74, 6) is 1.42. The predicted molar refractivity (Wildman–Crippen MR) is 97.4 cm³/mol. The minimum atomic E-state index is -3.24. The first-order chi connectivity index (χ1) is 12.3. The molecule has 0 aromatic carbocycles. The number of nitrogens with zero attached hydrogens (tertiary/aromatic N) is 5. The van der Waals surface area contributed by atoms with Crippen LogP contribution in [0.15, 0.2) is 10.0 Å². The summed E-state index contributed by atoms with van der Waals surface area (Å²) in [6.45, 7) is 8.77. The molecule has 2 aliphatic heterocycles. The van der Waals surface area contributed by atoms with Crippen molar-refractivity contribution in [3.05, 3.63) is 27.8 Å². The van der Waals surface area contributed by atoms with E-state index in [1.807, 2.05) is 12.4 Å². The van der Waals surface area contributed by atoms with Crippen molar-refractivity contribution in [3.8, 4) is 0 Å². The summed E-state index contributed by atoms with van der Waals surface area (Å²) in [7, 11) is -3.24. The maximum Gasteiger partial charge on any atom is 0.235 e. The van der Waals surface area contributed by atoms with Gasteiger partial charge in [-0.1, -0.05) is 5.16 Å². The second-order valence-corrected chi connectivity index (χ2v) is 10.4. The maximum atomic E-state index is 12.4. The molecule has 10 heteroatoms. The minimum absolute atomic E-state index is 0.114. The fourth-order valence-corrected chi connectivity index (χ4v) is 6.14. The van der Waals surface area contributed by atoms with Gasteiger partial charge in [0.05, 0.1) is 22.4 Å². The molecular weight excluding hydrogens is 374 g/mol. The van der Waals surface area contributed by atoms with Crippen LogP contribution < -0.4 is 0 Å². The highest BCUT2D eigenvalue weighted by atomic mass is 32.2. The number of hydrogen-bond donors (Lipinski definition) is 0. The van der Waals surface area contributed by atoms with E-state index in [2.05, 4.69) is 20.0 Å². The van der Waals surface area contributed by atoms with Crippen molar-refractivity contribution in [2.24, 2.45) is 5.92 Å². The Labute approximate surface area is 157 Å². The zero-order chi connectivity index (χ0) is 18.5. The monoisotopic (exact) mass is 397 g/mol. The number of hydrogen-bond acceptors (Lipinski definition) is 8. The average Bonchev–Trinajstić information content (AvgIpc) is 3.32. The minimum Gasteiger partial charge on any atom is -0.339 e. The quantitative estimate of drug-likeness (QED) is 0.748. The van der Waals surface area contributed by atoms with E-state index in [9.17, 15) is 8.42 Å². The molecule has 0 aliphatic carbocycles. The molecule has 0 spiro atoms. The normalized spacial score (nSPS) is 27.3. The van der Waals surface area contributed by atoms with Gasteiger partial charge in [0, 0.05) is 43.5 Å². The van der Waals surface area contributed by atoms with E-state index in [0.29, 0.717) is 31.3 Å². The van der Waals surface area contributed by atoms with Crippen molar-refractivity contribution in [1.29, 1.82) is 0 Å². The van der Waals surface area contributed by atoms with Gasteiger partial charge in [-0.3, -0.25) is 4.90 Å². The lowest BCUT2D eigenvalue weighted by Gasteiger charge is -2.25. The third kappa shape index (κ3) is 2.88. The zero-order valence-corrected chi connectivity index (χ0v) is 16.8. The Balaban J connectivity index is 1.64. The van der Waals surface area contributed by atoms with Crippen LogP contribution in [0, 0.1) is 19.8 Å². The van der Waals surface area contributed by atoms with Gasteiger partial charge in [0.1, 0.15) is 0 Å². The fourth-order valence-electron chi connectivity index (χ4n) is 4.12. The Morgan fingerprint density at radius 2 is 2.15 bits per heavy atom. The molecule has 2 atom stereocenters. The number of sulfonamides is 1. The van der Waals surface area contributed by atoms with E-state index in [1.54, 1.807) is 29.5 Å². The number of fused-ring (bicyclic) bond motifs is 1. The summed E-state index contributed by atoms with van der Waals surface area (Å²) in [4.78, 5) is 12.4. The fraction of sp³-hybridized carbons (Fsp3) is 0.688. The summed E-state index contributed by atoms with van der Waals surface area (Å²) < 4.78 is 32.0. The van der Waals surface area contributed by atoms with Crippen molar-refractivity contribution >= 4 is 21.4 Å². The second kappa shape index (κ2) is 6.36. The molecule has 8 nitrogen and oxygen atoms in total. The van der Waals surface area contributed by atoms with Gasteiger partial charge < -0.3 is 4.52 Å². The third-order valence-corrected chi connectivity index (χ3v) is 8.29. The van der Waals surface area contributed by atoms with Gasteiger partial charge in [-0.15, -0.1) is 11.3 Å². The first-order valence-corrected chi connectivity index (χ1v) is 11.2. The summed E-state index contributed by atoms with van der Waals surface area (Å²) in [5, 5.41) is 3.96. The Hall–Kier alpha value is -1.36. The molecule has 2 fully saturated rings. The lowest BCUT2D eigenvalue weighted by molar-refractivity contribution is 0.244. The van der Waals surface area contributed by atoms with Crippen molar-refractivity contribution in [2.75, 3.05) is 31.9 Å². The average molecular weight is 398 g/mol. The molecule has 2 saturated heterocycles. The van der Waals surface area contributed by atoms with Gasteiger partial charge >= 0.3 is 0 Å². The molecule has 0 saturated carbocycles. The van der Waals surface area contributed by atoms with Crippen molar-refractivity contribution < 1.29 is 12.9 Å². The zero-order valence-electron chi connectivity index (χ0n) is 15.2. The van der Waals surface area contributed by atoms with Gasteiger partial charge in [0.2, 0.25) is 15.9 Å². The first-order valence-electron chi connectivity index (χ1n) is 8.74. The number of likely N-dealkylation sites (tertiary alicyclic amines) is 1. The topological polar surface area (TPSA) is 92.4 Å². The van der Waals surface area contributed by atoms with Gasteiger partial charge in [-0.25, -0.2) is 17.7 Å². The molecular formula is C16H23N5O3S2. The van der Waals surface area contributed by atoms with Crippen LogP contribution in [0.5, 0.6) is 0 Å². The molecule has 2 aromatic heterocycles. The first kappa shape index (κ1) is 18.0. The number of rotatable bonds is 5. The van der Waals surface area contributed by atoms with Crippen LogP contribution in [-0.4, -0.2) is 64.7 Å². The van der Waals surface area contributed by atoms with Crippen LogP contribution in [0.4, 0.5) is 0 Å². The van der Waals surface area contributed by atoms with E-state index in [4.69, 9.17) is 4.52 Å². The molecule has 4 heterocycles. The van der Waals surface area contributed by atoms with E-state index in [-0.39, 0.29) is 11.7 Å². The summed E-state index contributed by atoms with van der Waals surface area (Å²) in [6.07, 6.45) is 0. The van der Waals surface area contributed by atoms with Crippen molar-refractivity contribution in [3.63, 3.8) is 0 Å². The molecule has 0 N–H and O–H groups in total. The van der Waals surface area contributed by atoms with Crippen LogP contribution in [0.25, 0.3) is 0 Å². The van der Waals surface area contributed by atoms with Crippen LogP contribution in [0.1, 0.15) is 29.2 Å². The molecule has 4 rings (SSSR count). The van der Waals surface area contributed by atoms with Gasteiger partial charge in [-0.05, 0) is 20.8 Å². The van der Waals surface area contributed by atoms with Crippen LogP contribution in [0.2, 0.25) is 0 Å². The van der Waals surface area contributed by atoms with E-state index in [1.165, 1.54) is 4.88 Å². The van der Waals surface area contributed by atoms with E-state index >= 15 is 0 Å². The van der Waals surface area contributed by atoms with Crippen molar-refractivity contribution in [2.45, 2.75) is 32.7 Å². The highest BCUT2D eigenvalue weighted by Gasteiger charge is 2.58. The van der Waals surface area contributed by atoms with Gasteiger partial charge in [0.25, 0.3) is 0 Å². The Kier molecular flexibility index (Phi) is 4.41. The van der Waals surface area contributed by atoms with Crippen molar-refractivity contribution in [1.82, 2.24) is 24.3 Å². The smallest absolute Gasteiger partial charge is 0.235 e. The Morgan fingerprint density at radius 3 is 2.77 bits per heavy atom. The second-order valence-electron chi connectivity index (χ2n) is 7.22. The molecule has 0 unspecified atom stereocenters. The summed E-state index contributed by atoms with van der Waals surface area (Å²) in [6, 6.07) is 0. The number of thiazole rings is 1. The van der Waals surface area contributed by atoms with Crippen LogP contribution in [-0.2, 0) is 22.0 Å². The number of aromatic nitrogens is 3. The number of aryl methyl sites for hydroxylation is 2. The van der Waals surface area contributed by atoms with Crippen LogP contribution in [0.3, 0.4) is 0 Å². The lowest BCUT2D eigenvalue weighted by atomic mass is 9.81. The summed E-state index contributed by atoms with van der Waals surface area (Å²) >= 11 is 1.66. The van der Waals surface area contributed by atoms with Crippen LogP contribution >= 0.6 is 11.3 Å². The predicted octanol–water partition coefficient (Wildman–Crippen LogP) is 1.18. The maximum absolute atomic E-state index is 12.4. The molecule has 2 aliphatic rings. The molecule has 0 amide bonds. The third-order valence-electron chi connectivity index (χ3n) is 5.57. The Morgan fingerprint density at radius 1 is 1.35 bits per heavy atom. The van der Waals surface area contributed by atoms with E-state index in [0.717, 1.165) is 18.8 Å². The van der Waals surface area contributed by atoms with E-state index < -0.39 is 15.4 Å². The largest absolute Gasteiger partial charge is 0.339 e. The highest BCUT2D eigenvalue weighted by Crippen LogP contribution is 2.45.